The van der Waals surface area contributed by atoms with Crippen molar-refractivity contribution in [1.29, 1.82) is 0 Å². The molecule has 1 aromatic rings. The lowest BCUT2D eigenvalue weighted by Gasteiger charge is -2.44. The Morgan fingerprint density at radius 2 is 2.00 bits per heavy atom. The smallest absolute Gasteiger partial charge is 0.290 e. The molecular weight excluding hydrogens is 318 g/mol. The van der Waals surface area contributed by atoms with Crippen molar-refractivity contribution < 1.29 is 22.4 Å². The summed E-state index contributed by atoms with van der Waals surface area (Å²) in [5.41, 5.74) is 0.380. The van der Waals surface area contributed by atoms with E-state index in [2.05, 4.69) is 0 Å². The van der Waals surface area contributed by atoms with Crippen molar-refractivity contribution in [2.45, 2.75) is 38.2 Å². The molecule has 7 heteroatoms. The van der Waals surface area contributed by atoms with E-state index in [-0.39, 0.29) is 23.3 Å². The third-order valence-corrected chi connectivity index (χ3v) is 6.44. The number of furan rings is 1. The van der Waals surface area contributed by atoms with E-state index in [9.17, 15) is 13.2 Å². The van der Waals surface area contributed by atoms with Gasteiger partial charge in [-0.25, -0.2) is 8.42 Å². The number of carbonyl (C=O) groups is 1. The molecule has 6 nitrogen and oxygen atoms in total. The summed E-state index contributed by atoms with van der Waals surface area (Å²) >= 11 is 0. The average Bonchev–Trinajstić information content (AvgIpc) is 3.00. The monoisotopic (exact) mass is 341 g/mol. The molecule has 2 aliphatic heterocycles. The van der Waals surface area contributed by atoms with Crippen molar-refractivity contribution in [2.75, 3.05) is 31.2 Å². The number of morpholine rings is 1. The van der Waals surface area contributed by atoms with Crippen LogP contribution in [0.15, 0.2) is 16.7 Å². The van der Waals surface area contributed by atoms with E-state index >= 15 is 0 Å². The summed E-state index contributed by atoms with van der Waals surface area (Å²) < 4.78 is 34.6. The molecule has 3 rings (SSSR count). The van der Waals surface area contributed by atoms with Gasteiger partial charge in [-0.1, -0.05) is 13.8 Å². The number of hydrogen-bond acceptors (Lipinski definition) is 5. The zero-order chi connectivity index (χ0) is 16.7. The molecule has 0 unspecified atom stereocenters. The second-order valence-corrected chi connectivity index (χ2v) is 9.07. The zero-order valence-electron chi connectivity index (χ0n) is 13.6. The second-order valence-electron chi connectivity index (χ2n) is 6.77. The molecular formula is C16H23NO5S. The van der Waals surface area contributed by atoms with Gasteiger partial charge in [0.25, 0.3) is 5.91 Å². The number of carbonyl (C=O) groups excluding carboxylic acids is 1. The average molecular weight is 341 g/mol. The van der Waals surface area contributed by atoms with Crippen LogP contribution >= 0.6 is 0 Å². The lowest BCUT2D eigenvalue weighted by Crippen LogP contribution is -2.56. The zero-order valence-corrected chi connectivity index (χ0v) is 14.4. The quantitative estimate of drug-likeness (QED) is 0.820. The third-order valence-electron chi connectivity index (χ3n) is 4.78. The van der Waals surface area contributed by atoms with E-state index in [1.807, 2.05) is 19.9 Å². The largest absolute Gasteiger partial charge is 0.459 e. The Kier molecular flexibility index (Phi) is 4.27. The fraction of sp³-hybridized carbons (Fsp3) is 0.688. The lowest BCUT2D eigenvalue weighted by atomic mass is 9.94. The van der Waals surface area contributed by atoms with Gasteiger partial charge < -0.3 is 14.1 Å². The van der Waals surface area contributed by atoms with Crippen LogP contribution in [0.5, 0.6) is 0 Å². The van der Waals surface area contributed by atoms with Crippen LogP contribution in [-0.2, 0) is 14.6 Å². The van der Waals surface area contributed by atoms with Gasteiger partial charge in [-0.2, -0.15) is 0 Å². The minimum absolute atomic E-state index is 0.130. The first-order valence-electron chi connectivity index (χ1n) is 8.03. The molecule has 0 radical (unpaired) electrons. The van der Waals surface area contributed by atoms with E-state index < -0.39 is 15.4 Å². The van der Waals surface area contributed by atoms with Crippen molar-refractivity contribution in [3.63, 3.8) is 0 Å². The topological polar surface area (TPSA) is 76.8 Å². The summed E-state index contributed by atoms with van der Waals surface area (Å²) in [5, 5.41) is 0. The van der Waals surface area contributed by atoms with Crippen molar-refractivity contribution in [3.8, 4) is 0 Å². The molecule has 3 heterocycles. The number of hydrogen-bond donors (Lipinski definition) is 0. The van der Waals surface area contributed by atoms with Gasteiger partial charge in [0.05, 0.1) is 36.5 Å². The van der Waals surface area contributed by atoms with Gasteiger partial charge in [0.2, 0.25) is 0 Å². The molecule has 128 valence electrons. The van der Waals surface area contributed by atoms with Gasteiger partial charge in [-0.15, -0.1) is 0 Å². The van der Waals surface area contributed by atoms with E-state index in [4.69, 9.17) is 9.15 Å². The molecule has 0 N–H and O–H groups in total. The SMILES string of the molecule is CC(C)c1ccoc1C(=O)N1CCOC2(CCS(=O)(=O)CC2)C1. The Morgan fingerprint density at radius 3 is 2.65 bits per heavy atom. The van der Waals surface area contributed by atoms with Crippen LogP contribution in [-0.4, -0.2) is 56.0 Å². The van der Waals surface area contributed by atoms with Crippen molar-refractivity contribution in [1.82, 2.24) is 4.90 Å². The van der Waals surface area contributed by atoms with Crippen LogP contribution in [0.2, 0.25) is 0 Å². The van der Waals surface area contributed by atoms with E-state index in [0.717, 1.165) is 5.56 Å². The van der Waals surface area contributed by atoms with Gasteiger partial charge in [0, 0.05) is 12.1 Å². The summed E-state index contributed by atoms with van der Waals surface area (Å²) in [4.78, 5) is 14.5. The molecule has 0 aromatic carbocycles. The first-order valence-corrected chi connectivity index (χ1v) is 9.85. The maximum absolute atomic E-state index is 12.8. The Morgan fingerprint density at radius 1 is 1.30 bits per heavy atom. The fourth-order valence-corrected chi connectivity index (χ4v) is 4.89. The van der Waals surface area contributed by atoms with Crippen LogP contribution in [0.25, 0.3) is 0 Å². The number of ether oxygens (including phenoxy) is 1. The normalized spacial score (nSPS) is 23.3. The molecule has 2 fully saturated rings. The summed E-state index contributed by atoms with van der Waals surface area (Å²) in [6.07, 6.45) is 2.45. The van der Waals surface area contributed by atoms with Crippen molar-refractivity contribution in [2.24, 2.45) is 0 Å². The minimum Gasteiger partial charge on any atom is -0.459 e. The fourth-order valence-electron chi connectivity index (χ4n) is 3.32. The number of amides is 1. The molecule has 0 aliphatic carbocycles. The lowest BCUT2D eigenvalue weighted by molar-refractivity contribution is -0.104. The molecule has 2 aliphatic rings. The summed E-state index contributed by atoms with van der Waals surface area (Å²) in [5.74, 6) is 0.734. The molecule has 23 heavy (non-hydrogen) atoms. The van der Waals surface area contributed by atoms with E-state index in [1.165, 1.54) is 0 Å². The highest BCUT2D eigenvalue weighted by Gasteiger charge is 2.43. The van der Waals surface area contributed by atoms with Gasteiger partial charge in [0.15, 0.2) is 15.6 Å². The molecule has 0 atom stereocenters. The number of rotatable bonds is 2. The third kappa shape index (κ3) is 3.30. The molecule has 0 saturated carbocycles. The van der Waals surface area contributed by atoms with Crippen LogP contribution in [0.3, 0.4) is 0 Å². The van der Waals surface area contributed by atoms with Gasteiger partial charge in [-0.05, 0) is 24.8 Å². The molecule has 1 aromatic heterocycles. The van der Waals surface area contributed by atoms with E-state index in [1.54, 1.807) is 11.2 Å². The van der Waals surface area contributed by atoms with Gasteiger partial charge in [0.1, 0.15) is 0 Å². The first kappa shape index (κ1) is 16.5. The molecule has 2 saturated heterocycles. The van der Waals surface area contributed by atoms with Crippen molar-refractivity contribution >= 4 is 15.7 Å². The highest BCUT2D eigenvalue weighted by molar-refractivity contribution is 7.91. The predicted octanol–water partition coefficient (Wildman–Crippen LogP) is 1.82. The summed E-state index contributed by atoms with van der Waals surface area (Å²) in [6, 6.07) is 1.83. The van der Waals surface area contributed by atoms with Gasteiger partial charge >= 0.3 is 0 Å². The minimum atomic E-state index is -2.96. The standard InChI is InChI=1S/C16H23NO5S/c1-12(2)13-3-7-21-14(13)15(18)17-6-8-22-16(11-17)4-9-23(19,20)10-5-16/h3,7,12H,4-6,8-11H2,1-2H3. The molecule has 1 spiro atoms. The maximum Gasteiger partial charge on any atom is 0.290 e. The Bertz CT molecular complexity index is 677. The van der Waals surface area contributed by atoms with Gasteiger partial charge in [-0.3, -0.25) is 4.79 Å². The Hall–Kier alpha value is -1.34. The van der Waals surface area contributed by atoms with Crippen LogP contribution in [0.1, 0.15) is 48.7 Å². The Labute approximate surface area is 136 Å². The maximum atomic E-state index is 12.8. The molecule has 1 amide bonds. The summed E-state index contributed by atoms with van der Waals surface area (Å²) in [7, 11) is -2.96. The Balaban J connectivity index is 1.76. The number of nitrogens with zero attached hydrogens (tertiary/aromatic N) is 1. The highest BCUT2D eigenvalue weighted by Crippen LogP contribution is 2.32. The molecule has 0 bridgehead atoms. The second kappa shape index (κ2) is 5.94. The van der Waals surface area contributed by atoms with Crippen LogP contribution in [0, 0.1) is 0 Å². The van der Waals surface area contributed by atoms with Crippen LogP contribution < -0.4 is 0 Å². The van der Waals surface area contributed by atoms with Crippen molar-refractivity contribution in [3.05, 3.63) is 23.7 Å². The van der Waals surface area contributed by atoms with Crippen LogP contribution in [0.4, 0.5) is 0 Å². The first-order chi connectivity index (χ1) is 10.8. The highest BCUT2D eigenvalue weighted by atomic mass is 32.2. The summed E-state index contributed by atoms with van der Waals surface area (Å²) in [6.45, 7) is 5.41. The predicted molar refractivity (Wildman–Crippen MR) is 85.3 cm³/mol. The number of sulfone groups is 1. The van der Waals surface area contributed by atoms with E-state index in [0.29, 0.717) is 38.3 Å².